The molecule has 6 heteroatoms. The number of piperazine rings is 1. The smallest absolute Gasteiger partial charge is 0.317 e. The molecule has 6 nitrogen and oxygen atoms in total. The van der Waals surface area contributed by atoms with Crippen molar-refractivity contribution in [2.75, 3.05) is 37.6 Å². The molecule has 0 unspecified atom stereocenters. The van der Waals surface area contributed by atoms with E-state index in [0.717, 1.165) is 30.7 Å². The van der Waals surface area contributed by atoms with Gasteiger partial charge in [-0.2, -0.15) is 5.26 Å². The number of H-pyrrole nitrogens is 1. The molecule has 0 bridgehead atoms. The summed E-state index contributed by atoms with van der Waals surface area (Å²) >= 11 is 0. The minimum absolute atomic E-state index is 0.000630. The van der Waals surface area contributed by atoms with Crippen LogP contribution in [0, 0.1) is 11.3 Å². The third-order valence-electron chi connectivity index (χ3n) is 5.27. The van der Waals surface area contributed by atoms with Crippen LogP contribution < -0.4 is 10.2 Å². The van der Waals surface area contributed by atoms with Gasteiger partial charge in [0.2, 0.25) is 0 Å². The number of nitrogens with zero attached hydrogens (tertiary/aromatic N) is 3. The highest BCUT2D eigenvalue weighted by Crippen LogP contribution is 2.18. The number of hydrogen-bond donors (Lipinski definition) is 2. The van der Waals surface area contributed by atoms with Crippen molar-refractivity contribution in [3.05, 3.63) is 65.9 Å². The number of para-hydroxylation sites is 1. The minimum atomic E-state index is -0.000630. The predicted molar refractivity (Wildman–Crippen MR) is 110 cm³/mol. The summed E-state index contributed by atoms with van der Waals surface area (Å²) in [5.41, 5.74) is 4.11. The fourth-order valence-electron chi connectivity index (χ4n) is 3.67. The maximum atomic E-state index is 12.5. The second kappa shape index (κ2) is 8.05. The first-order valence-corrected chi connectivity index (χ1v) is 9.57. The minimum Gasteiger partial charge on any atom is -0.368 e. The van der Waals surface area contributed by atoms with Crippen LogP contribution >= 0.6 is 0 Å². The standard InChI is InChI=1S/C22H23N5O/c23-15-17-5-7-19(8-6-17)26-11-13-27(14-12-26)22(28)24-10-9-18-16-25-21-4-2-1-3-20(18)21/h1-8,16,25H,9-14H2,(H,24,28). The van der Waals surface area contributed by atoms with E-state index in [4.69, 9.17) is 5.26 Å². The van der Waals surface area contributed by atoms with Crippen LogP contribution in [0.3, 0.4) is 0 Å². The van der Waals surface area contributed by atoms with Crippen molar-refractivity contribution in [3.63, 3.8) is 0 Å². The molecule has 28 heavy (non-hydrogen) atoms. The van der Waals surface area contributed by atoms with Gasteiger partial charge in [-0.25, -0.2) is 4.79 Å². The molecule has 1 aromatic heterocycles. The molecule has 2 N–H and O–H groups in total. The van der Waals surface area contributed by atoms with Gasteiger partial charge in [-0.1, -0.05) is 18.2 Å². The molecule has 2 aromatic carbocycles. The third-order valence-corrected chi connectivity index (χ3v) is 5.27. The second-order valence-corrected chi connectivity index (χ2v) is 6.97. The SMILES string of the molecule is N#Cc1ccc(N2CCN(C(=O)NCCc3c[nH]c4ccccc34)CC2)cc1. The van der Waals surface area contributed by atoms with Gasteiger partial charge in [-0.15, -0.1) is 0 Å². The monoisotopic (exact) mass is 373 g/mol. The quantitative estimate of drug-likeness (QED) is 0.738. The van der Waals surface area contributed by atoms with Crippen molar-refractivity contribution in [2.45, 2.75) is 6.42 Å². The lowest BCUT2D eigenvalue weighted by Crippen LogP contribution is -2.52. The van der Waals surface area contributed by atoms with Crippen molar-refractivity contribution in [2.24, 2.45) is 0 Å². The zero-order chi connectivity index (χ0) is 19.3. The van der Waals surface area contributed by atoms with Crippen LogP contribution in [0.2, 0.25) is 0 Å². The van der Waals surface area contributed by atoms with Crippen LogP contribution in [0.1, 0.15) is 11.1 Å². The summed E-state index contributed by atoms with van der Waals surface area (Å²) in [6, 6.07) is 17.9. The van der Waals surface area contributed by atoms with Crippen molar-refractivity contribution in [1.29, 1.82) is 5.26 Å². The van der Waals surface area contributed by atoms with Crippen molar-refractivity contribution in [1.82, 2.24) is 15.2 Å². The van der Waals surface area contributed by atoms with Crippen LogP contribution in [0.4, 0.5) is 10.5 Å². The van der Waals surface area contributed by atoms with E-state index < -0.39 is 0 Å². The highest BCUT2D eigenvalue weighted by Gasteiger charge is 2.21. The Morgan fingerprint density at radius 2 is 1.82 bits per heavy atom. The lowest BCUT2D eigenvalue weighted by molar-refractivity contribution is 0.194. The number of hydrogen-bond acceptors (Lipinski definition) is 3. The molecule has 2 heterocycles. The molecular formula is C22H23N5O. The Morgan fingerprint density at radius 3 is 2.57 bits per heavy atom. The number of anilines is 1. The van der Waals surface area contributed by atoms with E-state index in [-0.39, 0.29) is 6.03 Å². The number of fused-ring (bicyclic) bond motifs is 1. The van der Waals surface area contributed by atoms with Crippen molar-refractivity contribution >= 4 is 22.6 Å². The number of carbonyl (C=O) groups excluding carboxylic acids is 1. The highest BCUT2D eigenvalue weighted by molar-refractivity contribution is 5.83. The first-order valence-electron chi connectivity index (χ1n) is 9.57. The first-order chi connectivity index (χ1) is 13.7. The average Bonchev–Trinajstić information content (AvgIpc) is 3.17. The number of rotatable bonds is 4. The van der Waals surface area contributed by atoms with Gasteiger partial charge in [0.25, 0.3) is 0 Å². The zero-order valence-electron chi connectivity index (χ0n) is 15.7. The Kier molecular flexibility index (Phi) is 5.16. The molecule has 2 amide bonds. The maximum absolute atomic E-state index is 12.5. The molecule has 0 saturated carbocycles. The molecule has 1 saturated heterocycles. The number of aromatic nitrogens is 1. The van der Waals surface area contributed by atoms with Gasteiger partial charge in [0.05, 0.1) is 11.6 Å². The van der Waals surface area contributed by atoms with E-state index in [1.165, 1.54) is 10.9 Å². The topological polar surface area (TPSA) is 75.2 Å². The summed E-state index contributed by atoms with van der Waals surface area (Å²) in [5, 5.41) is 13.2. The van der Waals surface area contributed by atoms with Gasteiger partial charge in [0.15, 0.2) is 0 Å². The summed E-state index contributed by atoms with van der Waals surface area (Å²) in [7, 11) is 0. The molecule has 0 aliphatic carbocycles. The Hall–Kier alpha value is -3.46. The molecule has 3 aromatic rings. The largest absolute Gasteiger partial charge is 0.368 e. The Labute approximate surface area is 164 Å². The van der Waals surface area contributed by atoms with E-state index in [2.05, 4.69) is 33.4 Å². The average molecular weight is 373 g/mol. The molecular weight excluding hydrogens is 350 g/mol. The molecule has 142 valence electrons. The van der Waals surface area contributed by atoms with Gasteiger partial charge in [-0.05, 0) is 42.3 Å². The normalized spacial score (nSPS) is 14.1. The molecule has 0 radical (unpaired) electrons. The van der Waals surface area contributed by atoms with Crippen molar-refractivity contribution in [3.8, 4) is 6.07 Å². The Balaban J connectivity index is 1.25. The Bertz CT molecular complexity index is 994. The highest BCUT2D eigenvalue weighted by atomic mass is 16.2. The number of urea groups is 1. The summed E-state index contributed by atoms with van der Waals surface area (Å²) in [5.74, 6) is 0. The summed E-state index contributed by atoms with van der Waals surface area (Å²) in [6.45, 7) is 3.60. The van der Waals surface area contributed by atoms with Gasteiger partial charge in [0, 0.05) is 55.5 Å². The van der Waals surface area contributed by atoms with Crippen LogP contribution in [0.25, 0.3) is 10.9 Å². The molecule has 1 fully saturated rings. The molecule has 0 atom stereocenters. The lowest BCUT2D eigenvalue weighted by Gasteiger charge is -2.36. The molecule has 0 spiro atoms. The number of amides is 2. The van der Waals surface area contributed by atoms with E-state index in [9.17, 15) is 4.79 Å². The van der Waals surface area contributed by atoms with Gasteiger partial charge >= 0.3 is 6.03 Å². The number of benzene rings is 2. The van der Waals surface area contributed by atoms with E-state index >= 15 is 0 Å². The molecule has 4 rings (SSSR count). The van der Waals surface area contributed by atoms with Gasteiger partial charge in [-0.3, -0.25) is 0 Å². The van der Waals surface area contributed by atoms with Gasteiger partial charge in [0.1, 0.15) is 0 Å². The van der Waals surface area contributed by atoms with Crippen LogP contribution in [-0.2, 0) is 6.42 Å². The third kappa shape index (κ3) is 3.79. The second-order valence-electron chi connectivity index (χ2n) is 6.97. The van der Waals surface area contributed by atoms with Crippen LogP contribution in [0.15, 0.2) is 54.7 Å². The Morgan fingerprint density at radius 1 is 1.07 bits per heavy atom. The summed E-state index contributed by atoms with van der Waals surface area (Å²) in [4.78, 5) is 19.9. The zero-order valence-corrected chi connectivity index (χ0v) is 15.7. The van der Waals surface area contributed by atoms with E-state index in [0.29, 0.717) is 25.2 Å². The number of carbonyl (C=O) groups is 1. The van der Waals surface area contributed by atoms with Crippen molar-refractivity contribution < 1.29 is 4.79 Å². The van der Waals surface area contributed by atoms with E-state index in [1.54, 1.807) is 0 Å². The molecule has 1 aliphatic rings. The van der Waals surface area contributed by atoms with Crippen LogP contribution in [-0.4, -0.2) is 48.6 Å². The lowest BCUT2D eigenvalue weighted by atomic mass is 10.1. The summed E-state index contributed by atoms with van der Waals surface area (Å²) in [6.07, 6.45) is 2.83. The predicted octanol–water partition coefficient (Wildman–Crippen LogP) is 3.11. The first kappa shape index (κ1) is 17.9. The van der Waals surface area contributed by atoms with E-state index in [1.807, 2.05) is 47.5 Å². The number of aromatic amines is 1. The fraction of sp³-hybridized carbons (Fsp3) is 0.273. The fourth-order valence-corrected chi connectivity index (χ4v) is 3.67. The summed E-state index contributed by atoms with van der Waals surface area (Å²) < 4.78 is 0. The number of nitriles is 1. The van der Waals surface area contributed by atoms with Crippen LogP contribution in [0.5, 0.6) is 0 Å². The van der Waals surface area contributed by atoms with Gasteiger partial charge < -0.3 is 20.1 Å². The number of nitrogens with one attached hydrogen (secondary N) is 2. The maximum Gasteiger partial charge on any atom is 0.317 e. The molecule has 1 aliphatic heterocycles.